The second kappa shape index (κ2) is 7.56. The highest BCUT2D eigenvalue weighted by Crippen LogP contribution is 2.24. The standard InChI is InChI=1S/C17H19FN2O2/c1-12-7-8-16(22-2)15(9-12)20-17(21)11-19-10-13-5-3-4-6-14(13)18/h3-9,19H,10-11H2,1-2H3,(H,20,21). The smallest absolute Gasteiger partial charge is 0.238 e. The third-order valence-corrected chi connectivity index (χ3v) is 3.19. The molecule has 0 fully saturated rings. The lowest BCUT2D eigenvalue weighted by Crippen LogP contribution is -2.28. The third kappa shape index (κ3) is 4.30. The molecule has 1 amide bonds. The van der Waals surface area contributed by atoms with Crippen molar-refractivity contribution in [3.8, 4) is 5.75 Å². The topological polar surface area (TPSA) is 50.4 Å². The van der Waals surface area contributed by atoms with E-state index in [-0.39, 0.29) is 18.3 Å². The summed E-state index contributed by atoms with van der Waals surface area (Å²) in [5.74, 6) is 0.115. The van der Waals surface area contributed by atoms with Crippen molar-refractivity contribution in [3.05, 3.63) is 59.4 Å². The van der Waals surface area contributed by atoms with Gasteiger partial charge in [0.2, 0.25) is 5.91 Å². The molecule has 2 aromatic rings. The molecule has 4 nitrogen and oxygen atoms in total. The lowest BCUT2D eigenvalue weighted by molar-refractivity contribution is -0.115. The molecule has 0 unspecified atom stereocenters. The summed E-state index contributed by atoms with van der Waals surface area (Å²) < 4.78 is 18.7. The van der Waals surface area contributed by atoms with Crippen molar-refractivity contribution >= 4 is 11.6 Å². The van der Waals surface area contributed by atoms with Crippen LogP contribution in [0, 0.1) is 12.7 Å². The summed E-state index contributed by atoms with van der Waals surface area (Å²) in [5.41, 5.74) is 2.18. The Hall–Kier alpha value is -2.40. The van der Waals surface area contributed by atoms with Gasteiger partial charge in [-0.05, 0) is 30.7 Å². The number of halogens is 1. The van der Waals surface area contributed by atoms with Crippen LogP contribution in [0.3, 0.4) is 0 Å². The molecule has 0 aliphatic heterocycles. The van der Waals surface area contributed by atoms with E-state index in [1.807, 2.05) is 19.1 Å². The third-order valence-electron chi connectivity index (χ3n) is 3.19. The minimum absolute atomic E-state index is 0.0887. The van der Waals surface area contributed by atoms with Gasteiger partial charge in [-0.15, -0.1) is 0 Å². The van der Waals surface area contributed by atoms with Crippen LogP contribution in [-0.2, 0) is 11.3 Å². The molecular formula is C17H19FN2O2. The van der Waals surface area contributed by atoms with Crippen molar-refractivity contribution in [2.75, 3.05) is 19.0 Å². The van der Waals surface area contributed by atoms with Crippen LogP contribution >= 0.6 is 0 Å². The number of nitrogens with one attached hydrogen (secondary N) is 2. The van der Waals surface area contributed by atoms with Gasteiger partial charge in [-0.1, -0.05) is 24.3 Å². The van der Waals surface area contributed by atoms with Crippen LogP contribution in [0.4, 0.5) is 10.1 Å². The minimum Gasteiger partial charge on any atom is -0.495 e. The van der Waals surface area contributed by atoms with Gasteiger partial charge in [0.25, 0.3) is 0 Å². The zero-order valence-corrected chi connectivity index (χ0v) is 12.7. The van der Waals surface area contributed by atoms with Crippen LogP contribution in [0.2, 0.25) is 0 Å². The number of ether oxygens (including phenoxy) is 1. The van der Waals surface area contributed by atoms with Crippen LogP contribution in [0.5, 0.6) is 5.75 Å². The fraction of sp³-hybridized carbons (Fsp3) is 0.235. The van der Waals surface area contributed by atoms with Gasteiger partial charge >= 0.3 is 0 Å². The van der Waals surface area contributed by atoms with E-state index in [1.165, 1.54) is 6.07 Å². The summed E-state index contributed by atoms with van der Waals surface area (Å²) >= 11 is 0. The van der Waals surface area contributed by atoms with E-state index in [4.69, 9.17) is 4.74 Å². The minimum atomic E-state index is -0.282. The average molecular weight is 302 g/mol. The van der Waals surface area contributed by atoms with Gasteiger partial charge < -0.3 is 15.4 Å². The predicted molar refractivity (Wildman–Crippen MR) is 84.5 cm³/mol. The normalized spacial score (nSPS) is 10.3. The Kier molecular flexibility index (Phi) is 5.49. The molecule has 116 valence electrons. The first kappa shape index (κ1) is 16.0. The van der Waals surface area contributed by atoms with E-state index in [0.717, 1.165) is 5.56 Å². The SMILES string of the molecule is COc1ccc(C)cc1NC(=O)CNCc1ccccc1F. The molecule has 2 aromatic carbocycles. The van der Waals surface area contributed by atoms with Gasteiger partial charge in [0, 0.05) is 12.1 Å². The first-order chi connectivity index (χ1) is 10.6. The number of carbonyl (C=O) groups is 1. The molecule has 0 bridgehead atoms. The summed E-state index contributed by atoms with van der Waals surface area (Å²) in [4.78, 5) is 11.9. The number of benzene rings is 2. The molecule has 0 saturated heterocycles. The molecule has 0 aromatic heterocycles. The first-order valence-electron chi connectivity index (χ1n) is 6.99. The summed E-state index contributed by atoms with van der Waals surface area (Å²) in [5, 5.41) is 5.70. The fourth-order valence-electron chi connectivity index (χ4n) is 2.07. The molecule has 22 heavy (non-hydrogen) atoms. The summed E-state index contributed by atoms with van der Waals surface area (Å²) in [6.45, 7) is 2.32. The van der Waals surface area contributed by atoms with Crippen molar-refractivity contribution in [2.24, 2.45) is 0 Å². The second-order valence-electron chi connectivity index (χ2n) is 4.95. The Morgan fingerprint density at radius 1 is 1.23 bits per heavy atom. The van der Waals surface area contributed by atoms with Crippen LogP contribution in [0.1, 0.15) is 11.1 Å². The molecule has 0 spiro atoms. The molecule has 0 saturated carbocycles. The van der Waals surface area contributed by atoms with Crippen molar-refractivity contribution in [3.63, 3.8) is 0 Å². The number of hydrogen-bond donors (Lipinski definition) is 2. The van der Waals surface area contributed by atoms with Crippen molar-refractivity contribution in [2.45, 2.75) is 13.5 Å². The number of hydrogen-bond acceptors (Lipinski definition) is 3. The zero-order valence-electron chi connectivity index (χ0n) is 12.7. The van der Waals surface area contributed by atoms with Gasteiger partial charge in [-0.2, -0.15) is 0 Å². The molecule has 0 atom stereocenters. The monoisotopic (exact) mass is 302 g/mol. The van der Waals surface area contributed by atoms with Gasteiger partial charge in [-0.25, -0.2) is 4.39 Å². The van der Waals surface area contributed by atoms with E-state index < -0.39 is 0 Å². The van der Waals surface area contributed by atoms with Crippen LogP contribution in [0.15, 0.2) is 42.5 Å². The van der Waals surface area contributed by atoms with Gasteiger partial charge in [-0.3, -0.25) is 4.79 Å². The Balaban J connectivity index is 1.88. The largest absolute Gasteiger partial charge is 0.495 e. The molecule has 0 radical (unpaired) electrons. The quantitative estimate of drug-likeness (QED) is 0.862. The Morgan fingerprint density at radius 3 is 2.73 bits per heavy atom. The van der Waals surface area contributed by atoms with Gasteiger partial charge in [0.1, 0.15) is 11.6 Å². The van der Waals surface area contributed by atoms with Gasteiger partial charge in [0.15, 0.2) is 0 Å². The van der Waals surface area contributed by atoms with E-state index in [9.17, 15) is 9.18 Å². The van der Waals surface area contributed by atoms with Crippen molar-refractivity contribution in [1.82, 2.24) is 5.32 Å². The molecule has 0 heterocycles. The Bertz CT molecular complexity index is 659. The first-order valence-corrected chi connectivity index (χ1v) is 6.99. The number of rotatable bonds is 6. The summed E-state index contributed by atoms with van der Waals surface area (Å²) in [7, 11) is 1.55. The Labute approximate surface area is 129 Å². The maximum absolute atomic E-state index is 13.4. The molecular weight excluding hydrogens is 283 g/mol. The number of carbonyl (C=O) groups excluding carboxylic acids is 1. The number of amides is 1. The molecule has 0 aliphatic rings. The maximum Gasteiger partial charge on any atom is 0.238 e. The van der Waals surface area contributed by atoms with E-state index in [0.29, 0.717) is 23.5 Å². The molecule has 2 N–H and O–H groups in total. The van der Waals surface area contributed by atoms with E-state index in [1.54, 1.807) is 31.4 Å². The average Bonchev–Trinajstić information content (AvgIpc) is 2.49. The lowest BCUT2D eigenvalue weighted by Gasteiger charge is -2.11. The van der Waals surface area contributed by atoms with E-state index >= 15 is 0 Å². The number of methoxy groups -OCH3 is 1. The maximum atomic E-state index is 13.4. The van der Waals surface area contributed by atoms with Crippen molar-refractivity contribution < 1.29 is 13.9 Å². The second-order valence-corrected chi connectivity index (χ2v) is 4.95. The van der Waals surface area contributed by atoms with Crippen LogP contribution in [0.25, 0.3) is 0 Å². The van der Waals surface area contributed by atoms with Gasteiger partial charge in [0.05, 0.1) is 19.3 Å². The highest BCUT2D eigenvalue weighted by atomic mass is 19.1. The molecule has 2 rings (SSSR count). The molecule has 0 aliphatic carbocycles. The summed E-state index contributed by atoms with van der Waals surface area (Å²) in [6.07, 6.45) is 0. The van der Waals surface area contributed by atoms with Crippen LogP contribution in [-0.4, -0.2) is 19.6 Å². The molecule has 5 heteroatoms. The fourth-order valence-corrected chi connectivity index (χ4v) is 2.07. The zero-order chi connectivity index (χ0) is 15.9. The number of aryl methyl sites for hydroxylation is 1. The number of anilines is 1. The highest BCUT2D eigenvalue weighted by Gasteiger charge is 2.08. The van der Waals surface area contributed by atoms with Crippen LogP contribution < -0.4 is 15.4 Å². The van der Waals surface area contributed by atoms with E-state index in [2.05, 4.69) is 10.6 Å². The summed E-state index contributed by atoms with van der Waals surface area (Å²) in [6, 6.07) is 12.0. The van der Waals surface area contributed by atoms with Crippen molar-refractivity contribution in [1.29, 1.82) is 0 Å². The highest BCUT2D eigenvalue weighted by molar-refractivity contribution is 5.93. The Morgan fingerprint density at radius 2 is 2.00 bits per heavy atom. The lowest BCUT2D eigenvalue weighted by atomic mass is 10.2. The predicted octanol–water partition coefficient (Wildman–Crippen LogP) is 2.87.